The van der Waals surface area contributed by atoms with E-state index in [-0.39, 0.29) is 12.4 Å². The third kappa shape index (κ3) is 3.88. The fourth-order valence-corrected chi connectivity index (χ4v) is 2.87. The number of ketones is 1. The summed E-state index contributed by atoms with van der Waals surface area (Å²) < 4.78 is 7.22. The Bertz CT molecular complexity index is 915. The third-order valence-electron chi connectivity index (χ3n) is 4.29. The van der Waals surface area contributed by atoms with Gasteiger partial charge in [-0.25, -0.2) is 4.79 Å². The Morgan fingerprint density at radius 3 is 2.54 bits per heavy atom. The van der Waals surface area contributed by atoms with Crippen molar-refractivity contribution in [3.63, 3.8) is 0 Å². The van der Waals surface area contributed by atoms with Crippen molar-refractivity contribution in [2.75, 3.05) is 6.61 Å². The molecular formula is C21H20N2O3. The standard InChI is InChI=1S/C21H20N2O3/c1-15-11-19(16(2)23(15)13-17-7-4-3-5-8-17)20(24)14-26-21(25)18-9-6-10-22-12-18/h3-12H,13-14H2,1-2H3. The van der Waals surface area contributed by atoms with Gasteiger partial charge in [0.2, 0.25) is 5.78 Å². The smallest absolute Gasteiger partial charge is 0.340 e. The lowest BCUT2D eigenvalue weighted by molar-refractivity contribution is 0.0474. The molecule has 3 aromatic rings. The lowest BCUT2D eigenvalue weighted by Crippen LogP contribution is -2.15. The van der Waals surface area contributed by atoms with Crippen molar-refractivity contribution in [3.8, 4) is 0 Å². The van der Waals surface area contributed by atoms with Gasteiger partial charge in [0.1, 0.15) is 0 Å². The molecule has 2 heterocycles. The van der Waals surface area contributed by atoms with Gasteiger partial charge in [-0.3, -0.25) is 9.78 Å². The molecule has 5 heteroatoms. The van der Waals surface area contributed by atoms with Crippen molar-refractivity contribution in [1.82, 2.24) is 9.55 Å². The molecule has 0 saturated heterocycles. The summed E-state index contributed by atoms with van der Waals surface area (Å²) in [5.41, 5.74) is 3.94. The topological polar surface area (TPSA) is 61.2 Å². The molecule has 5 nitrogen and oxygen atoms in total. The van der Waals surface area contributed by atoms with E-state index in [1.165, 1.54) is 6.20 Å². The Morgan fingerprint density at radius 2 is 1.85 bits per heavy atom. The highest BCUT2D eigenvalue weighted by Crippen LogP contribution is 2.18. The Kier molecular flexibility index (Phi) is 5.27. The molecule has 0 atom stereocenters. The fourth-order valence-electron chi connectivity index (χ4n) is 2.87. The second-order valence-corrected chi connectivity index (χ2v) is 6.10. The first-order chi connectivity index (χ1) is 12.6. The average molecular weight is 348 g/mol. The predicted octanol–water partition coefficient (Wildman–Crippen LogP) is 3.59. The number of carbonyl (C=O) groups is 2. The summed E-state index contributed by atoms with van der Waals surface area (Å²) in [5, 5.41) is 0. The predicted molar refractivity (Wildman–Crippen MR) is 98.3 cm³/mol. The number of nitrogens with zero attached hydrogens (tertiary/aromatic N) is 2. The molecule has 0 unspecified atom stereocenters. The zero-order chi connectivity index (χ0) is 18.5. The number of Topliss-reactive ketones (excluding diaryl/α,β-unsaturated/α-hetero) is 1. The number of aryl methyl sites for hydroxylation is 1. The van der Waals surface area contributed by atoms with Crippen LogP contribution < -0.4 is 0 Å². The maximum atomic E-state index is 12.5. The van der Waals surface area contributed by atoms with Crippen molar-refractivity contribution in [1.29, 1.82) is 0 Å². The van der Waals surface area contributed by atoms with Gasteiger partial charge in [-0.05, 0) is 37.6 Å². The molecule has 1 aromatic carbocycles. The lowest BCUT2D eigenvalue weighted by atomic mass is 10.1. The van der Waals surface area contributed by atoms with Crippen LogP contribution in [0.2, 0.25) is 0 Å². The molecule has 26 heavy (non-hydrogen) atoms. The number of rotatable bonds is 6. The zero-order valence-corrected chi connectivity index (χ0v) is 14.8. The monoisotopic (exact) mass is 348 g/mol. The van der Waals surface area contributed by atoms with E-state index in [1.807, 2.05) is 38.1 Å². The molecule has 2 aromatic heterocycles. The molecule has 0 saturated carbocycles. The van der Waals surface area contributed by atoms with Crippen LogP contribution in [-0.4, -0.2) is 27.9 Å². The number of hydrogen-bond acceptors (Lipinski definition) is 4. The first-order valence-corrected chi connectivity index (χ1v) is 8.37. The van der Waals surface area contributed by atoms with Gasteiger partial charge in [-0.2, -0.15) is 0 Å². The molecule has 0 N–H and O–H groups in total. The fraction of sp³-hybridized carbons (Fsp3) is 0.190. The van der Waals surface area contributed by atoms with E-state index in [4.69, 9.17) is 4.74 Å². The van der Waals surface area contributed by atoms with E-state index in [2.05, 4.69) is 21.7 Å². The van der Waals surface area contributed by atoms with E-state index >= 15 is 0 Å². The Hall–Kier alpha value is -3.21. The Morgan fingerprint density at radius 1 is 1.08 bits per heavy atom. The average Bonchev–Trinajstić information content (AvgIpc) is 2.95. The number of benzene rings is 1. The largest absolute Gasteiger partial charge is 0.454 e. The molecule has 0 spiro atoms. The van der Waals surface area contributed by atoms with Crippen LogP contribution in [0.1, 0.15) is 37.7 Å². The highest BCUT2D eigenvalue weighted by Gasteiger charge is 2.18. The van der Waals surface area contributed by atoms with Crippen molar-refractivity contribution < 1.29 is 14.3 Å². The maximum absolute atomic E-state index is 12.5. The summed E-state index contributed by atoms with van der Waals surface area (Å²) in [6.45, 7) is 4.28. The minimum atomic E-state index is -0.551. The van der Waals surface area contributed by atoms with E-state index in [9.17, 15) is 9.59 Å². The van der Waals surface area contributed by atoms with E-state index < -0.39 is 5.97 Å². The summed E-state index contributed by atoms with van der Waals surface area (Å²) >= 11 is 0. The lowest BCUT2D eigenvalue weighted by Gasteiger charge is -2.10. The highest BCUT2D eigenvalue weighted by molar-refractivity contribution is 6.00. The van der Waals surface area contributed by atoms with Crippen LogP contribution in [-0.2, 0) is 11.3 Å². The van der Waals surface area contributed by atoms with Gasteiger partial charge in [-0.1, -0.05) is 30.3 Å². The Balaban J connectivity index is 1.70. The van der Waals surface area contributed by atoms with Crippen LogP contribution in [0, 0.1) is 13.8 Å². The van der Waals surface area contributed by atoms with Gasteiger partial charge < -0.3 is 9.30 Å². The number of carbonyl (C=O) groups excluding carboxylic acids is 2. The quantitative estimate of drug-likeness (QED) is 0.504. The summed E-state index contributed by atoms with van der Waals surface area (Å²) in [7, 11) is 0. The second kappa shape index (κ2) is 7.78. The normalized spacial score (nSPS) is 10.5. The number of esters is 1. The minimum absolute atomic E-state index is 0.213. The van der Waals surface area contributed by atoms with E-state index in [1.54, 1.807) is 18.3 Å². The molecule has 0 bridgehead atoms. The van der Waals surface area contributed by atoms with Crippen molar-refractivity contribution in [2.24, 2.45) is 0 Å². The van der Waals surface area contributed by atoms with Crippen molar-refractivity contribution in [3.05, 3.63) is 89.0 Å². The molecule has 0 aliphatic heterocycles. The van der Waals surface area contributed by atoms with Gasteiger partial charge in [-0.15, -0.1) is 0 Å². The molecule has 132 valence electrons. The van der Waals surface area contributed by atoms with Crippen molar-refractivity contribution in [2.45, 2.75) is 20.4 Å². The summed E-state index contributed by atoms with van der Waals surface area (Å²) in [5.74, 6) is -0.765. The van der Waals surface area contributed by atoms with Crippen LogP contribution >= 0.6 is 0 Å². The van der Waals surface area contributed by atoms with Crippen LogP contribution in [0.3, 0.4) is 0 Å². The van der Waals surface area contributed by atoms with Gasteiger partial charge in [0.05, 0.1) is 5.56 Å². The molecule has 0 amide bonds. The van der Waals surface area contributed by atoms with E-state index in [0.717, 1.165) is 17.0 Å². The SMILES string of the molecule is Cc1cc(C(=O)COC(=O)c2cccnc2)c(C)n1Cc1ccccc1. The Labute approximate surface area is 152 Å². The molecular weight excluding hydrogens is 328 g/mol. The summed E-state index contributed by atoms with van der Waals surface area (Å²) in [6.07, 6.45) is 2.99. The van der Waals surface area contributed by atoms with Crippen molar-refractivity contribution >= 4 is 11.8 Å². The van der Waals surface area contributed by atoms with Crippen LogP contribution in [0.15, 0.2) is 60.9 Å². The molecule has 0 aliphatic rings. The first kappa shape index (κ1) is 17.6. The van der Waals surface area contributed by atoms with Gasteiger partial charge >= 0.3 is 5.97 Å². The molecule has 0 fully saturated rings. The molecule has 3 rings (SSSR count). The first-order valence-electron chi connectivity index (χ1n) is 8.37. The summed E-state index contributed by atoms with van der Waals surface area (Å²) in [4.78, 5) is 28.3. The van der Waals surface area contributed by atoms with Crippen LogP contribution in [0.4, 0.5) is 0 Å². The number of hydrogen-bond donors (Lipinski definition) is 0. The highest BCUT2D eigenvalue weighted by atomic mass is 16.5. The number of aromatic nitrogens is 2. The number of pyridine rings is 1. The minimum Gasteiger partial charge on any atom is -0.454 e. The maximum Gasteiger partial charge on any atom is 0.340 e. The number of ether oxygens (including phenoxy) is 1. The zero-order valence-electron chi connectivity index (χ0n) is 14.8. The van der Waals surface area contributed by atoms with Crippen LogP contribution in [0.5, 0.6) is 0 Å². The van der Waals surface area contributed by atoms with Gasteiger partial charge in [0.15, 0.2) is 6.61 Å². The van der Waals surface area contributed by atoms with Gasteiger partial charge in [0.25, 0.3) is 0 Å². The summed E-state index contributed by atoms with van der Waals surface area (Å²) in [6, 6.07) is 15.2. The van der Waals surface area contributed by atoms with Gasteiger partial charge in [0, 0.05) is 35.9 Å². The van der Waals surface area contributed by atoms with Crippen LogP contribution in [0.25, 0.3) is 0 Å². The van der Waals surface area contributed by atoms with E-state index in [0.29, 0.717) is 17.7 Å². The second-order valence-electron chi connectivity index (χ2n) is 6.10. The molecule has 0 aliphatic carbocycles. The molecule has 0 radical (unpaired) electrons. The third-order valence-corrected chi connectivity index (χ3v) is 4.29.